The Morgan fingerprint density at radius 1 is 1.04 bits per heavy atom. The van der Waals surface area contributed by atoms with Crippen molar-refractivity contribution in [3.63, 3.8) is 0 Å². The Bertz CT molecular complexity index is 865. The van der Waals surface area contributed by atoms with Crippen LogP contribution >= 0.6 is 0 Å². The number of benzene rings is 1. The fourth-order valence-corrected chi connectivity index (χ4v) is 2.57. The Morgan fingerprint density at radius 3 is 2.42 bits per heavy atom. The van der Waals surface area contributed by atoms with E-state index in [2.05, 4.69) is 21.5 Å². The van der Waals surface area contributed by atoms with Crippen molar-refractivity contribution in [1.82, 2.24) is 14.8 Å². The first-order valence-corrected chi connectivity index (χ1v) is 7.86. The van der Waals surface area contributed by atoms with E-state index in [1.54, 1.807) is 6.07 Å². The van der Waals surface area contributed by atoms with Crippen molar-refractivity contribution >= 4 is 11.7 Å². The molecule has 0 spiro atoms. The minimum Gasteiger partial charge on any atom is -0.307 e. The summed E-state index contributed by atoms with van der Waals surface area (Å²) in [6.07, 6.45) is 0. The summed E-state index contributed by atoms with van der Waals surface area (Å²) in [6, 6.07) is 15.2. The molecule has 5 nitrogen and oxygen atoms in total. The van der Waals surface area contributed by atoms with Gasteiger partial charge in [0.2, 0.25) is 0 Å². The highest BCUT2D eigenvalue weighted by Gasteiger charge is 2.08. The van der Waals surface area contributed by atoms with Crippen LogP contribution in [0.5, 0.6) is 0 Å². The highest BCUT2D eigenvalue weighted by molar-refractivity contribution is 6.03. The molecule has 24 heavy (non-hydrogen) atoms. The molecule has 1 N–H and O–H groups in total. The number of nitrogens with one attached hydrogen (secondary N) is 1. The van der Waals surface area contributed by atoms with E-state index in [1.807, 2.05) is 61.9 Å². The van der Waals surface area contributed by atoms with Crippen LogP contribution in [0.25, 0.3) is 0 Å². The molecule has 122 valence electrons. The van der Waals surface area contributed by atoms with Crippen molar-refractivity contribution in [2.45, 2.75) is 27.3 Å². The molecular weight excluding hydrogens is 300 g/mol. The second kappa shape index (κ2) is 6.66. The summed E-state index contributed by atoms with van der Waals surface area (Å²) >= 11 is 0. The molecular formula is C19H20N4O. The maximum Gasteiger partial charge on any atom is 0.256 e. The first-order chi connectivity index (χ1) is 11.5. The largest absolute Gasteiger partial charge is 0.307 e. The maximum absolute atomic E-state index is 12.3. The quantitative estimate of drug-likeness (QED) is 0.800. The van der Waals surface area contributed by atoms with Gasteiger partial charge in [-0.05, 0) is 56.7 Å². The van der Waals surface area contributed by atoms with Gasteiger partial charge in [0.1, 0.15) is 5.82 Å². The van der Waals surface area contributed by atoms with E-state index >= 15 is 0 Å². The number of rotatable bonds is 4. The Kier molecular flexibility index (Phi) is 4.42. The van der Waals surface area contributed by atoms with E-state index in [-0.39, 0.29) is 5.91 Å². The molecule has 0 aliphatic rings. The number of carbonyl (C=O) groups is 1. The first-order valence-electron chi connectivity index (χ1n) is 7.86. The summed E-state index contributed by atoms with van der Waals surface area (Å²) < 4.78 is 1.96. The van der Waals surface area contributed by atoms with E-state index < -0.39 is 0 Å². The minimum atomic E-state index is -0.161. The van der Waals surface area contributed by atoms with Crippen molar-refractivity contribution in [2.75, 3.05) is 5.32 Å². The molecule has 0 saturated carbocycles. The Hall–Kier alpha value is -2.95. The van der Waals surface area contributed by atoms with Crippen molar-refractivity contribution in [3.05, 3.63) is 76.7 Å². The monoisotopic (exact) mass is 320 g/mol. The Morgan fingerprint density at radius 2 is 1.79 bits per heavy atom. The van der Waals surface area contributed by atoms with Crippen LogP contribution < -0.4 is 5.32 Å². The van der Waals surface area contributed by atoms with Crippen molar-refractivity contribution in [1.29, 1.82) is 0 Å². The third-order valence-corrected chi connectivity index (χ3v) is 3.78. The number of hydrogen-bond donors (Lipinski definition) is 1. The fraction of sp³-hybridized carbons (Fsp3) is 0.211. The van der Waals surface area contributed by atoms with Gasteiger partial charge in [-0.3, -0.25) is 9.48 Å². The summed E-state index contributed by atoms with van der Waals surface area (Å²) in [7, 11) is 0. The lowest BCUT2D eigenvalue weighted by molar-refractivity contribution is 0.102. The Labute approximate surface area is 141 Å². The predicted octanol–water partition coefficient (Wildman–Crippen LogP) is 3.50. The topological polar surface area (TPSA) is 59.8 Å². The Balaban J connectivity index is 1.69. The summed E-state index contributed by atoms with van der Waals surface area (Å²) in [6.45, 7) is 6.61. The van der Waals surface area contributed by atoms with Crippen LogP contribution in [0.3, 0.4) is 0 Å². The van der Waals surface area contributed by atoms with E-state index in [0.717, 1.165) is 22.6 Å². The lowest BCUT2D eigenvalue weighted by Crippen LogP contribution is -2.13. The molecule has 1 aromatic carbocycles. The zero-order valence-electron chi connectivity index (χ0n) is 14.1. The molecule has 0 aliphatic heterocycles. The molecule has 0 fully saturated rings. The van der Waals surface area contributed by atoms with Crippen LogP contribution in [0.1, 0.15) is 33.0 Å². The van der Waals surface area contributed by atoms with E-state index in [9.17, 15) is 4.79 Å². The average Bonchev–Trinajstić information content (AvgIpc) is 2.85. The number of hydrogen-bond acceptors (Lipinski definition) is 3. The standard InChI is InChI=1S/C19H20N4O/c1-13-5-4-6-18(20-13)21-19(24)17-9-7-16(8-10-17)12-23-15(3)11-14(2)22-23/h4-11H,12H2,1-3H3,(H,20,21,24). The number of anilines is 1. The van der Waals surface area contributed by atoms with E-state index in [1.165, 1.54) is 0 Å². The summed E-state index contributed by atoms with van der Waals surface area (Å²) in [5, 5.41) is 7.27. The van der Waals surface area contributed by atoms with Gasteiger partial charge < -0.3 is 5.32 Å². The number of pyridine rings is 1. The molecule has 0 atom stereocenters. The highest BCUT2D eigenvalue weighted by Crippen LogP contribution is 2.11. The zero-order chi connectivity index (χ0) is 17.1. The second-order valence-electron chi connectivity index (χ2n) is 5.90. The molecule has 5 heteroatoms. The normalized spacial score (nSPS) is 10.6. The average molecular weight is 320 g/mol. The lowest BCUT2D eigenvalue weighted by Gasteiger charge is -2.07. The number of nitrogens with zero attached hydrogens (tertiary/aromatic N) is 3. The van der Waals surface area contributed by atoms with Gasteiger partial charge in [0.25, 0.3) is 5.91 Å². The van der Waals surface area contributed by atoms with Crippen LogP contribution in [-0.2, 0) is 6.54 Å². The van der Waals surface area contributed by atoms with Gasteiger partial charge in [-0.2, -0.15) is 5.10 Å². The molecule has 3 rings (SSSR count). The molecule has 0 unspecified atom stereocenters. The van der Waals surface area contributed by atoms with Crippen molar-refractivity contribution in [2.24, 2.45) is 0 Å². The third kappa shape index (κ3) is 3.68. The predicted molar refractivity (Wildman–Crippen MR) is 94.2 cm³/mol. The molecule has 0 bridgehead atoms. The lowest BCUT2D eigenvalue weighted by atomic mass is 10.1. The molecule has 1 amide bonds. The number of aromatic nitrogens is 3. The maximum atomic E-state index is 12.3. The van der Waals surface area contributed by atoms with Gasteiger partial charge in [-0.1, -0.05) is 18.2 Å². The van der Waals surface area contributed by atoms with Gasteiger partial charge in [-0.15, -0.1) is 0 Å². The van der Waals surface area contributed by atoms with Crippen LogP contribution in [0, 0.1) is 20.8 Å². The van der Waals surface area contributed by atoms with Gasteiger partial charge >= 0.3 is 0 Å². The minimum absolute atomic E-state index is 0.161. The summed E-state index contributed by atoms with van der Waals surface area (Å²) in [4.78, 5) is 16.6. The third-order valence-electron chi connectivity index (χ3n) is 3.78. The molecule has 0 radical (unpaired) electrons. The molecule has 0 saturated heterocycles. The number of carbonyl (C=O) groups excluding carboxylic acids is 1. The first kappa shape index (κ1) is 15.9. The van der Waals surface area contributed by atoms with Gasteiger partial charge in [-0.25, -0.2) is 4.98 Å². The van der Waals surface area contributed by atoms with Crippen LogP contribution in [-0.4, -0.2) is 20.7 Å². The molecule has 3 aromatic rings. The van der Waals surface area contributed by atoms with E-state index in [0.29, 0.717) is 17.9 Å². The zero-order valence-corrected chi connectivity index (χ0v) is 14.1. The van der Waals surface area contributed by atoms with Gasteiger partial charge in [0.05, 0.1) is 12.2 Å². The van der Waals surface area contributed by atoms with Gasteiger partial charge in [0, 0.05) is 17.0 Å². The molecule has 0 aliphatic carbocycles. The fourth-order valence-electron chi connectivity index (χ4n) is 2.57. The molecule has 2 heterocycles. The SMILES string of the molecule is Cc1cccc(NC(=O)c2ccc(Cn3nc(C)cc3C)cc2)n1. The smallest absolute Gasteiger partial charge is 0.256 e. The van der Waals surface area contributed by atoms with Gasteiger partial charge in [0.15, 0.2) is 0 Å². The van der Waals surface area contributed by atoms with E-state index in [4.69, 9.17) is 0 Å². The second-order valence-corrected chi connectivity index (χ2v) is 5.90. The van der Waals surface area contributed by atoms with Crippen LogP contribution in [0.2, 0.25) is 0 Å². The highest BCUT2D eigenvalue weighted by atomic mass is 16.1. The van der Waals surface area contributed by atoms with Crippen molar-refractivity contribution in [3.8, 4) is 0 Å². The number of amides is 1. The summed E-state index contributed by atoms with van der Waals surface area (Å²) in [5.74, 6) is 0.400. The number of aryl methyl sites for hydroxylation is 3. The van der Waals surface area contributed by atoms with Crippen LogP contribution in [0.4, 0.5) is 5.82 Å². The molecule has 2 aromatic heterocycles. The summed E-state index contributed by atoms with van der Waals surface area (Å²) in [5.41, 5.74) is 4.71. The van der Waals surface area contributed by atoms with Crippen LogP contribution in [0.15, 0.2) is 48.5 Å². The van der Waals surface area contributed by atoms with Crippen molar-refractivity contribution < 1.29 is 4.79 Å².